The Hall–Kier alpha value is -3.81. The fourth-order valence-electron chi connectivity index (χ4n) is 2.82. The normalized spacial score (nSPS) is 12.4. The molecule has 2 heterocycles. The zero-order valence-electron chi connectivity index (χ0n) is 14.8. The first-order chi connectivity index (χ1) is 13.6. The second kappa shape index (κ2) is 7.43. The first-order valence-electron chi connectivity index (χ1n) is 8.64. The lowest BCUT2D eigenvalue weighted by molar-refractivity contribution is -0.115. The Balaban J connectivity index is 1.41. The van der Waals surface area contributed by atoms with Crippen LogP contribution in [0.2, 0.25) is 0 Å². The molecule has 0 radical (unpaired) electrons. The number of carbonyl (C=O) groups excluding carboxylic acids is 2. The number of hydrogen-bond donors (Lipinski definition) is 2. The average molecular weight is 379 g/mol. The Bertz CT molecular complexity index is 1030. The van der Waals surface area contributed by atoms with E-state index in [2.05, 4.69) is 10.5 Å². The van der Waals surface area contributed by atoms with Crippen LogP contribution in [0.4, 0.5) is 5.69 Å². The summed E-state index contributed by atoms with van der Waals surface area (Å²) in [6.45, 7) is 1.03. The molecule has 0 saturated heterocycles. The number of nitrogens with zero attached hydrogens (tertiary/aromatic N) is 1. The van der Waals surface area contributed by atoms with Crippen LogP contribution >= 0.6 is 0 Å². The van der Waals surface area contributed by atoms with Crippen LogP contribution in [0.25, 0.3) is 11.3 Å². The van der Waals surface area contributed by atoms with E-state index in [4.69, 9.17) is 19.7 Å². The standard InChI is InChI=1S/C20H17N3O5/c21-20(25)12-1-4-14(5-2-12)22-19(24)11-15-10-17(28-23-15)13-3-6-16-18(9-13)27-8-7-26-16/h1-6,9-10H,7-8,11H2,(H2,21,25)(H,22,24). The van der Waals surface area contributed by atoms with E-state index in [0.717, 1.165) is 5.56 Å². The molecule has 2 amide bonds. The van der Waals surface area contributed by atoms with E-state index in [1.807, 2.05) is 18.2 Å². The number of aromatic nitrogens is 1. The topological polar surface area (TPSA) is 117 Å². The lowest BCUT2D eigenvalue weighted by atomic mass is 10.1. The minimum Gasteiger partial charge on any atom is -0.486 e. The van der Waals surface area contributed by atoms with Gasteiger partial charge in [-0.1, -0.05) is 5.16 Å². The van der Waals surface area contributed by atoms with Gasteiger partial charge in [0.15, 0.2) is 17.3 Å². The molecule has 2 aromatic carbocycles. The van der Waals surface area contributed by atoms with Gasteiger partial charge in [-0.05, 0) is 42.5 Å². The average Bonchev–Trinajstić information content (AvgIpc) is 3.16. The third-order valence-corrected chi connectivity index (χ3v) is 4.18. The number of nitrogens with two attached hydrogens (primary N) is 1. The molecular weight excluding hydrogens is 362 g/mol. The van der Waals surface area contributed by atoms with Gasteiger partial charge in [0.1, 0.15) is 13.2 Å². The van der Waals surface area contributed by atoms with Gasteiger partial charge in [-0.3, -0.25) is 9.59 Å². The number of benzene rings is 2. The van der Waals surface area contributed by atoms with Crippen LogP contribution in [0.1, 0.15) is 16.1 Å². The molecule has 1 aromatic heterocycles. The second-order valence-corrected chi connectivity index (χ2v) is 6.21. The van der Waals surface area contributed by atoms with Gasteiger partial charge in [0, 0.05) is 22.9 Å². The number of amides is 2. The Kier molecular flexibility index (Phi) is 4.67. The first-order valence-corrected chi connectivity index (χ1v) is 8.64. The van der Waals surface area contributed by atoms with Gasteiger partial charge in [0.25, 0.3) is 0 Å². The third-order valence-electron chi connectivity index (χ3n) is 4.18. The monoisotopic (exact) mass is 379 g/mol. The summed E-state index contributed by atoms with van der Waals surface area (Å²) in [6.07, 6.45) is 0.0472. The predicted octanol–water partition coefficient (Wildman–Crippen LogP) is 2.39. The van der Waals surface area contributed by atoms with Crippen molar-refractivity contribution < 1.29 is 23.6 Å². The number of fused-ring (bicyclic) bond motifs is 1. The number of carbonyl (C=O) groups is 2. The van der Waals surface area contributed by atoms with Gasteiger partial charge >= 0.3 is 0 Å². The van der Waals surface area contributed by atoms with Crippen LogP contribution in [0.3, 0.4) is 0 Å². The molecule has 0 fully saturated rings. The zero-order chi connectivity index (χ0) is 19.5. The van der Waals surface area contributed by atoms with E-state index < -0.39 is 5.91 Å². The molecule has 0 unspecified atom stereocenters. The van der Waals surface area contributed by atoms with Gasteiger partial charge < -0.3 is 25.0 Å². The molecule has 0 saturated carbocycles. The molecule has 1 aliphatic rings. The van der Waals surface area contributed by atoms with Gasteiger partial charge in [-0.25, -0.2) is 0 Å². The van der Waals surface area contributed by atoms with E-state index in [1.54, 1.807) is 30.3 Å². The van der Waals surface area contributed by atoms with Crippen molar-refractivity contribution in [3.8, 4) is 22.8 Å². The van der Waals surface area contributed by atoms with Crippen LogP contribution in [-0.4, -0.2) is 30.2 Å². The van der Waals surface area contributed by atoms with E-state index in [0.29, 0.717) is 47.4 Å². The lowest BCUT2D eigenvalue weighted by Gasteiger charge is -2.18. The molecular formula is C20H17N3O5. The van der Waals surface area contributed by atoms with Gasteiger partial charge in [0.05, 0.1) is 12.1 Å². The summed E-state index contributed by atoms with van der Waals surface area (Å²) >= 11 is 0. The number of primary amides is 1. The molecule has 3 aromatic rings. The van der Waals surface area contributed by atoms with Crippen LogP contribution < -0.4 is 20.5 Å². The molecule has 8 heteroatoms. The predicted molar refractivity (Wildman–Crippen MR) is 100 cm³/mol. The number of ether oxygens (including phenoxy) is 2. The van der Waals surface area contributed by atoms with E-state index in [-0.39, 0.29) is 12.3 Å². The summed E-state index contributed by atoms with van der Waals surface area (Å²) in [4.78, 5) is 23.3. The molecule has 1 aliphatic heterocycles. The van der Waals surface area contributed by atoms with Gasteiger partial charge in [-0.15, -0.1) is 0 Å². The Labute approximate surface area is 160 Å². The SMILES string of the molecule is NC(=O)c1ccc(NC(=O)Cc2cc(-c3ccc4c(c3)OCCO4)on2)cc1. The highest BCUT2D eigenvalue weighted by atomic mass is 16.6. The van der Waals surface area contributed by atoms with Crippen LogP contribution in [-0.2, 0) is 11.2 Å². The fraction of sp³-hybridized carbons (Fsp3) is 0.150. The Morgan fingerprint density at radius 1 is 1.00 bits per heavy atom. The highest BCUT2D eigenvalue weighted by molar-refractivity contribution is 5.95. The summed E-state index contributed by atoms with van der Waals surface area (Å²) in [5, 5.41) is 6.69. The summed E-state index contributed by atoms with van der Waals surface area (Å²) in [7, 11) is 0. The quantitative estimate of drug-likeness (QED) is 0.703. The molecule has 8 nitrogen and oxygen atoms in total. The van der Waals surface area contributed by atoms with Crippen LogP contribution in [0, 0.1) is 0 Å². The van der Waals surface area contributed by atoms with Crippen molar-refractivity contribution in [1.82, 2.24) is 5.16 Å². The maximum atomic E-state index is 12.2. The molecule has 28 heavy (non-hydrogen) atoms. The number of nitrogens with one attached hydrogen (secondary N) is 1. The number of rotatable bonds is 5. The van der Waals surface area contributed by atoms with Crippen molar-refractivity contribution in [2.75, 3.05) is 18.5 Å². The van der Waals surface area contributed by atoms with Crippen molar-refractivity contribution in [3.05, 3.63) is 59.8 Å². The van der Waals surface area contributed by atoms with Crippen LogP contribution in [0.15, 0.2) is 53.1 Å². The van der Waals surface area contributed by atoms with Crippen molar-refractivity contribution in [2.45, 2.75) is 6.42 Å². The molecule has 0 spiro atoms. The third kappa shape index (κ3) is 3.80. The minimum absolute atomic E-state index is 0.0472. The first kappa shape index (κ1) is 17.6. The minimum atomic E-state index is -0.521. The van der Waals surface area contributed by atoms with Crippen molar-refractivity contribution in [1.29, 1.82) is 0 Å². The van der Waals surface area contributed by atoms with Gasteiger partial charge in [-0.2, -0.15) is 0 Å². The molecule has 0 aliphatic carbocycles. The lowest BCUT2D eigenvalue weighted by Crippen LogP contribution is -2.15. The summed E-state index contributed by atoms with van der Waals surface area (Å²) < 4.78 is 16.4. The zero-order valence-corrected chi connectivity index (χ0v) is 14.8. The Morgan fingerprint density at radius 2 is 1.75 bits per heavy atom. The van der Waals surface area contributed by atoms with E-state index >= 15 is 0 Å². The van der Waals surface area contributed by atoms with Crippen molar-refractivity contribution in [2.24, 2.45) is 5.73 Å². The highest BCUT2D eigenvalue weighted by Gasteiger charge is 2.16. The highest BCUT2D eigenvalue weighted by Crippen LogP contribution is 2.34. The maximum Gasteiger partial charge on any atom is 0.248 e. The van der Waals surface area contributed by atoms with E-state index in [1.165, 1.54) is 0 Å². The summed E-state index contributed by atoms with van der Waals surface area (Å²) in [5.41, 5.74) is 7.41. The summed E-state index contributed by atoms with van der Waals surface area (Å²) in [5.74, 6) is 1.10. The molecule has 142 valence electrons. The smallest absolute Gasteiger partial charge is 0.248 e. The number of hydrogen-bond acceptors (Lipinski definition) is 6. The molecule has 4 rings (SSSR count). The number of anilines is 1. The van der Waals surface area contributed by atoms with Crippen LogP contribution in [0.5, 0.6) is 11.5 Å². The van der Waals surface area contributed by atoms with Crippen molar-refractivity contribution >= 4 is 17.5 Å². The Morgan fingerprint density at radius 3 is 2.50 bits per heavy atom. The largest absolute Gasteiger partial charge is 0.486 e. The molecule has 0 bridgehead atoms. The molecule has 3 N–H and O–H groups in total. The van der Waals surface area contributed by atoms with Gasteiger partial charge in [0.2, 0.25) is 11.8 Å². The van der Waals surface area contributed by atoms with Crippen molar-refractivity contribution in [3.63, 3.8) is 0 Å². The second-order valence-electron chi connectivity index (χ2n) is 6.21. The summed E-state index contributed by atoms with van der Waals surface area (Å²) in [6, 6.07) is 13.5. The maximum absolute atomic E-state index is 12.2. The fourth-order valence-corrected chi connectivity index (χ4v) is 2.82. The van der Waals surface area contributed by atoms with E-state index in [9.17, 15) is 9.59 Å². The molecule has 0 atom stereocenters.